The average molecular weight is 461 g/mol. The normalized spacial score (nSPS) is 20.9. The van der Waals surface area contributed by atoms with E-state index in [1.807, 2.05) is 18.5 Å². The van der Waals surface area contributed by atoms with Crippen molar-refractivity contribution in [3.05, 3.63) is 48.6 Å². The Morgan fingerprint density at radius 2 is 2.06 bits per heavy atom. The Morgan fingerprint density at radius 3 is 2.94 bits per heavy atom. The molecule has 0 radical (unpaired) electrons. The predicted octanol–water partition coefficient (Wildman–Crippen LogP) is 3.81. The summed E-state index contributed by atoms with van der Waals surface area (Å²) in [5.41, 5.74) is 2.81. The number of rotatable bonds is 7. The van der Waals surface area contributed by atoms with Crippen molar-refractivity contribution in [2.75, 3.05) is 38.3 Å². The summed E-state index contributed by atoms with van der Waals surface area (Å²) in [6, 6.07) is 6.60. The summed E-state index contributed by atoms with van der Waals surface area (Å²) in [5, 5.41) is 4.56. The Hall–Kier alpha value is -3.46. The molecule has 2 atom stereocenters. The monoisotopic (exact) mass is 460 g/mol. The van der Waals surface area contributed by atoms with E-state index in [-0.39, 0.29) is 0 Å². The lowest BCUT2D eigenvalue weighted by Gasteiger charge is -2.31. The highest BCUT2D eigenvalue weighted by atomic mass is 16.6. The quantitative estimate of drug-likeness (QED) is 0.573. The van der Waals surface area contributed by atoms with E-state index in [0.29, 0.717) is 37.0 Å². The summed E-state index contributed by atoms with van der Waals surface area (Å²) in [7, 11) is 0. The number of nitrogens with zero attached hydrogens (tertiary/aromatic N) is 5. The molecule has 3 aromatic rings. The van der Waals surface area contributed by atoms with Crippen LogP contribution in [0.2, 0.25) is 0 Å². The standard InChI is InChI=1S/C25H28N6O3/c1-16(20-3-6-27-25-23(20)33-8-9-34-25)2-5-26-22-11-21(29-15-30-22)18-10-17-4-7-31(19-13-32-14-19)24(17)28-12-18/h4,6-7,10-12,15-16,19-20H,2-3,5,8-9,13-14H2,1H3,(H,26,29,30). The van der Waals surface area contributed by atoms with Crippen LogP contribution in [0.5, 0.6) is 0 Å². The zero-order chi connectivity index (χ0) is 22.9. The Labute approximate surface area is 197 Å². The molecule has 3 aromatic heterocycles. The van der Waals surface area contributed by atoms with Gasteiger partial charge in [-0.1, -0.05) is 6.92 Å². The second-order valence-corrected chi connectivity index (χ2v) is 9.05. The molecular formula is C25H28N6O3. The van der Waals surface area contributed by atoms with Crippen LogP contribution in [0.15, 0.2) is 53.6 Å². The van der Waals surface area contributed by atoms with E-state index < -0.39 is 0 Å². The lowest BCUT2D eigenvalue weighted by atomic mass is 9.86. The highest BCUT2D eigenvalue weighted by molar-refractivity contribution is 5.81. The SMILES string of the molecule is CC(CCNc1cc(-c2cnc3c(ccn3C3COC3)c2)ncn1)C1CC=NC2=C1OCCO2. The van der Waals surface area contributed by atoms with Crippen molar-refractivity contribution in [1.82, 2.24) is 19.5 Å². The molecule has 1 N–H and O–H groups in total. The molecule has 6 heterocycles. The number of hydrogen-bond acceptors (Lipinski definition) is 8. The van der Waals surface area contributed by atoms with Gasteiger partial charge >= 0.3 is 0 Å². The van der Waals surface area contributed by atoms with Gasteiger partial charge in [-0.2, -0.15) is 0 Å². The van der Waals surface area contributed by atoms with E-state index >= 15 is 0 Å². The molecule has 34 heavy (non-hydrogen) atoms. The minimum Gasteiger partial charge on any atom is -0.488 e. The Balaban J connectivity index is 1.11. The first kappa shape index (κ1) is 21.1. The number of ether oxygens (including phenoxy) is 3. The molecule has 1 saturated heterocycles. The summed E-state index contributed by atoms with van der Waals surface area (Å²) in [6.45, 7) is 5.72. The molecular weight excluding hydrogens is 432 g/mol. The molecule has 0 amide bonds. The number of anilines is 1. The van der Waals surface area contributed by atoms with Gasteiger partial charge in [0.2, 0.25) is 0 Å². The van der Waals surface area contributed by atoms with Gasteiger partial charge < -0.3 is 24.1 Å². The molecule has 3 aliphatic heterocycles. The van der Waals surface area contributed by atoms with Crippen molar-refractivity contribution in [1.29, 1.82) is 0 Å². The van der Waals surface area contributed by atoms with E-state index in [4.69, 9.17) is 19.2 Å². The summed E-state index contributed by atoms with van der Waals surface area (Å²) in [5.74, 6) is 3.09. The molecule has 176 valence electrons. The van der Waals surface area contributed by atoms with Crippen LogP contribution in [0, 0.1) is 11.8 Å². The fourth-order valence-corrected chi connectivity index (χ4v) is 4.74. The van der Waals surface area contributed by atoms with E-state index in [9.17, 15) is 0 Å². The summed E-state index contributed by atoms with van der Waals surface area (Å²) in [6.07, 6.45) is 9.37. The smallest absolute Gasteiger partial charge is 0.252 e. The van der Waals surface area contributed by atoms with Gasteiger partial charge in [0.05, 0.1) is 24.9 Å². The molecule has 2 unspecified atom stereocenters. The van der Waals surface area contributed by atoms with Crippen molar-refractivity contribution in [3.63, 3.8) is 0 Å². The maximum atomic E-state index is 5.89. The third-order valence-corrected chi connectivity index (χ3v) is 6.82. The molecule has 0 spiro atoms. The van der Waals surface area contributed by atoms with Gasteiger partial charge in [0.25, 0.3) is 5.88 Å². The van der Waals surface area contributed by atoms with Crippen LogP contribution in [0.3, 0.4) is 0 Å². The van der Waals surface area contributed by atoms with E-state index in [2.05, 4.69) is 50.1 Å². The lowest BCUT2D eigenvalue weighted by Crippen LogP contribution is -2.30. The van der Waals surface area contributed by atoms with Crippen LogP contribution in [-0.4, -0.2) is 58.7 Å². The van der Waals surface area contributed by atoms with Crippen LogP contribution in [-0.2, 0) is 14.2 Å². The summed E-state index contributed by atoms with van der Waals surface area (Å²) < 4.78 is 19.1. The minimum absolute atomic E-state index is 0.298. The van der Waals surface area contributed by atoms with E-state index in [1.54, 1.807) is 6.33 Å². The largest absolute Gasteiger partial charge is 0.488 e. The highest BCUT2D eigenvalue weighted by Crippen LogP contribution is 2.34. The van der Waals surface area contributed by atoms with Crippen LogP contribution in [0.25, 0.3) is 22.3 Å². The summed E-state index contributed by atoms with van der Waals surface area (Å²) >= 11 is 0. The lowest BCUT2D eigenvalue weighted by molar-refractivity contribution is -0.0216. The fraction of sp³-hybridized carbons (Fsp3) is 0.440. The zero-order valence-corrected chi connectivity index (χ0v) is 19.2. The van der Waals surface area contributed by atoms with Gasteiger partial charge in [-0.25, -0.2) is 19.9 Å². The molecule has 1 fully saturated rings. The van der Waals surface area contributed by atoms with Crippen LogP contribution in [0.1, 0.15) is 25.8 Å². The molecule has 9 nitrogen and oxygen atoms in total. The second kappa shape index (κ2) is 9.06. The van der Waals surface area contributed by atoms with Gasteiger partial charge in [0.1, 0.15) is 31.0 Å². The third-order valence-electron chi connectivity index (χ3n) is 6.82. The van der Waals surface area contributed by atoms with Crippen molar-refractivity contribution >= 4 is 23.1 Å². The number of fused-ring (bicyclic) bond motifs is 1. The molecule has 0 saturated carbocycles. The number of pyridine rings is 1. The maximum absolute atomic E-state index is 5.89. The van der Waals surface area contributed by atoms with Crippen molar-refractivity contribution in [2.24, 2.45) is 16.8 Å². The number of aliphatic imine (C=N–C) groups is 1. The van der Waals surface area contributed by atoms with Gasteiger partial charge in [-0.05, 0) is 30.9 Å². The van der Waals surface area contributed by atoms with Crippen molar-refractivity contribution < 1.29 is 14.2 Å². The first-order valence-corrected chi connectivity index (χ1v) is 11.9. The van der Waals surface area contributed by atoms with Crippen molar-refractivity contribution in [2.45, 2.75) is 25.8 Å². The number of hydrogen-bond donors (Lipinski definition) is 1. The van der Waals surface area contributed by atoms with E-state index in [1.165, 1.54) is 0 Å². The van der Waals surface area contributed by atoms with Crippen molar-refractivity contribution in [3.8, 4) is 11.3 Å². The molecule has 0 aliphatic carbocycles. The minimum atomic E-state index is 0.298. The van der Waals surface area contributed by atoms with Gasteiger partial charge in [-0.15, -0.1) is 0 Å². The summed E-state index contributed by atoms with van der Waals surface area (Å²) in [4.78, 5) is 17.9. The highest BCUT2D eigenvalue weighted by Gasteiger charge is 2.30. The molecule has 0 aromatic carbocycles. The number of allylic oxidation sites excluding steroid dienone is 1. The maximum Gasteiger partial charge on any atom is 0.252 e. The number of aromatic nitrogens is 4. The van der Waals surface area contributed by atoms with Gasteiger partial charge in [0.15, 0.2) is 5.76 Å². The molecule has 0 bridgehead atoms. The average Bonchev–Trinajstić information content (AvgIpc) is 3.25. The van der Waals surface area contributed by atoms with Gasteiger partial charge in [-0.3, -0.25) is 0 Å². The molecule has 6 rings (SSSR count). The van der Waals surface area contributed by atoms with Crippen LogP contribution >= 0.6 is 0 Å². The van der Waals surface area contributed by atoms with Crippen LogP contribution < -0.4 is 5.32 Å². The Kier molecular flexibility index (Phi) is 5.62. The predicted molar refractivity (Wildman–Crippen MR) is 128 cm³/mol. The Morgan fingerprint density at radius 1 is 1.15 bits per heavy atom. The first-order chi connectivity index (χ1) is 16.8. The zero-order valence-electron chi connectivity index (χ0n) is 19.2. The molecule has 3 aliphatic rings. The molecule has 9 heteroatoms. The Bertz CT molecular complexity index is 1250. The first-order valence-electron chi connectivity index (χ1n) is 11.9. The van der Waals surface area contributed by atoms with E-state index in [0.717, 1.165) is 66.5 Å². The number of nitrogens with one attached hydrogen (secondary N) is 1. The van der Waals surface area contributed by atoms with Crippen LogP contribution in [0.4, 0.5) is 5.82 Å². The third kappa shape index (κ3) is 4.00. The fourth-order valence-electron chi connectivity index (χ4n) is 4.74. The topological polar surface area (TPSA) is 95.7 Å². The second-order valence-electron chi connectivity index (χ2n) is 9.05. The van der Waals surface area contributed by atoms with Gasteiger partial charge in [0, 0.05) is 48.1 Å².